The van der Waals surface area contributed by atoms with E-state index in [0.29, 0.717) is 0 Å². The van der Waals surface area contributed by atoms with Crippen LogP contribution < -0.4 is 0 Å². The van der Waals surface area contributed by atoms with Gasteiger partial charge in [-0.1, -0.05) is 11.8 Å². The minimum Gasteiger partial charge on any atom is -0.478 e. The minimum atomic E-state index is -4.07. The summed E-state index contributed by atoms with van der Waals surface area (Å²) in [4.78, 5) is 21.7. The van der Waals surface area contributed by atoms with E-state index in [9.17, 15) is 18.0 Å². The first-order valence-corrected chi connectivity index (χ1v) is 8.13. The molecule has 0 aliphatic heterocycles. The van der Waals surface area contributed by atoms with Crippen LogP contribution in [0.15, 0.2) is 46.2 Å². The Kier molecular flexibility index (Phi) is 4.64. The highest BCUT2D eigenvalue weighted by Crippen LogP contribution is 2.25. The zero-order valence-corrected chi connectivity index (χ0v) is 13.4. The van der Waals surface area contributed by atoms with Crippen molar-refractivity contribution >= 4 is 21.8 Å². The summed E-state index contributed by atoms with van der Waals surface area (Å²) in [5, 5.41) is 18.1. The molecule has 0 aromatic heterocycles. The van der Waals surface area contributed by atoms with Crippen LogP contribution in [-0.4, -0.2) is 30.6 Å². The van der Waals surface area contributed by atoms with Crippen LogP contribution in [0.4, 0.5) is 0 Å². The maximum absolute atomic E-state index is 12.7. The molecule has 124 valence electrons. The summed E-state index contributed by atoms with van der Waals surface area (Å²) in [6.45, 7) is 0. The Morgan fingerprint density at radius 2 is 1.16 bits per heavy atom. The average Bonchev–Trinajstić information content (AvgIpc) is 2.60. The number of terminal acetylenes is 2. The van der Waals surface area contributed by atoms with Crippen molar-refractivity contribution in [3.63, 3.8) is 0 Å². The number of sulfone groups is 1. The van der Waals surface area contributed by atoms with Gasteiger partial charge in [-0.05, 0) is 36.4 Å². The first kappa shape index (κ1) is 17.8. The van der Waals surface area contributed by atoms with Gasteiger partial charge in [-0.15, -0.1) is 12.8 Å². The van der Waals surface area contributed by atoms with Crippen LogP contribution in [0.5, 0.6) is 0 Å². The topological polar surface area (TPSA) is 109 Å². The maximum Gasteiger partial charge on any atom is 0.336 e. The molecule has 7 heteroatoms. The largest absolute Gasteiger partial charge is 0.478 e. The smallest absolute Gasteiger partial charge is 0.336 e. The minimum absolute atomic E-state index is 0.0899. The Hall–Kier alpha value is -3.55. The molecule has 2 rings (SSSR count). The van der Waals surface area contributed by atoms with Gasteiger partial charge >= 0.3 is 11.9 Å². The highest BCUT2D eigenvalue weighted by Gasteiger charge is 2.22. The average molecular weight is 354 g/mol. The molecular weight excluding hydrogens is 344 g/mol. The third kappa shape index (κ3) is 3.23. The van der Waals surface area contributed by atoms with Crippen molar-refractivity contribution < 1.29 is 28.2 Å². The molecule has 0 atom stereocenters. The first-order chi connectivity index (χ1) is 11.7. The lowest BCUT2D eigenvalue weighted by Crippen LogP contribution is -2.08. The molecule has 25 heavy (non-hydrogen) atoms. The van der Waals surface area contributed by atoms with Crippen LogP contribution in [-0.2, 0) is 9.84 Å². The number of carboxylic acids is 2. The molecule has 0 unspecified atom stereocenters. The Morgan fingerprint density at radius 3 is 1.44 bits per heavy atom. The van der Waals surface area contributed by atoms with Gasteiger partial charge in [0.25, 0.3) is 0 Å². The summed E-state index contributed by atoms with van der Waals surface area (Å²) in [6, 6.07) is 6.55. The van der Waals surface area contributed by atoms with Gasteiger partial charge in [0.2, 0.25) is 9.84 Å². The second-order valence-electron chi connectivity index (χ2n) is 4.82. The summed E-state index contributed by atoms with van der Waals surface area (Å²) < 4.78 is 25.4. The molecular formula is C18H10O6S. The van der Waals surface area contributed by atoms with Gasteiger partial charge in [-0.25, -0.2) is 18.0 Å². The van der Waals surface area contributed by atoms with Crippen molar-refractivity contribution in [2.75, 3.05) is 0 Å². The summed E-state index contributed by atoms with van der Waals surface area (Å²) in [6.07, 6.45) is 10.5. The number of aromatic carboxylic acids is 2. The van der Waals surface area contributed by atoms with E-state index in [1.54, 1.807) is 0 Å². The van der Waals surface area contributed by atoms with E-state index in [0.717, 1.165) is 36.4 Å². The van der Waals surface area contributed by atoms with Gasteiger partial charge in [-0.3, -0.25) is 0 Å². The van der Waals surface area contributed by atoms with E-state index < -0.39 is 21.8 Å². The number of rotatable bonds is 4. The van der Waals surface area contributed by atoms with Crippen molar-refractivity contribution in [3.8, 4) is 24.7 Å². The zero-order valence-electron chi connectivity index (χ0n) is 12.6. The van der Waals surface area contributed by atoms with Gasteiger partial charge < -0.3 is 10.2 Å². The molecule has 0 radical (unpaired) electrons. The van der Waals surface area contributed by atoms with E-state index in [1.807, 2.05) is 0 Å². The fourth-order valence-corrected chi connectivity index (χ4v) is 3.44. The van der Waals surface area contributed by atoms with Crippen LogP contribution in [0.2, 0.25) is 0 Å². The molecule has 2 aromatic rings. The monoisotopic (exact) mass is 354 g/mol. The van der Waals surface area contributed by atoms with Crippen molar-refractivity contribution in [2.45, 2.75) is 9.79 Å². The van der Waals surface area contributed by atoms with Crippen LogP contribution in [0.1, 0.15) is 31.8 Å². The summed E-state index contributed by atoms with van der Waals surface area (Å²) >= 11 is 0. The van der Waals surface area contributed by atoms with Crippen molar-refractivity contribution in [2.24, 2.45) is 0 Å². The molecule has 0 fully saturated rings. The third-order valence-corrected chi connectivity index (χ3v) is 5.12. The Balaban J connectivity index is 2.64. The standard InChI is InChI=1S/C18H10O6S/c1-3-11-9-13(5-7-15(11)17(19)20)25(23,24)14-6-8-16(18(21)22)12(4-2)10-14/h1-2,5-10H,(H,19,20)(H,21,22). The van der Waals surface area contributed by atoms with E-state index in [-0.39, 0.29) is 32.0 Å². The second-order valence-corrected chi connectivity index (χ2v) is 6.77. The van der Waals surface area contributed by atoms with Gasteiger partial charge in [0.05, 0.1) is 20.9 Å². The molecule has 0 heterocycles. The predicted octanol–water partition coefficient (Wildman–Crippen LogP) is 1.88. The van der Waals surface area contributed by atoms with Gasteiger partial charge in [-0.2, -0.15) is 0 Å². The van der Waals surface area contributed by atoms with Crippen molar-refractivity contribution in [3.05, 3.63) is 58.7 Å². The Bertz CT molecular complexity index is 1000. The van der Waals surface area contributed by atoms with E-state index >= 15 is 0 Å². The number of hydrogen-bond acceptors (Lipinski definition) is 4. The lowest BCUT2D eigenvalue weighted by Gasteiger charge is -2.08. The number of carbonyl (C=O) groups is 2. The molecule has 0 bridgehead atoms. The zero-order chi connectivity index (χ0) is 18.8. The number of benzene rings is 2. The maximum atomic E-state index is 12.7. The third-order valence-electron chi connectivity index (χ3n) is 3.37. The number of hydrogen-bond donors (Lipinski definition) is 2. The lowest BCUT2D eigenvalue weighted by atomic mass is 10.1. The van der Waals surface area contributed by atoms with E-state index in [1.165, 1.54) is 0 Å². The van der Waals surface area contributed by atoms with Gasteiger partial charge in [0, 0.05) is 11.1 Å². The highest BCUT2D eigenvalue weighted by molar-refractivity contribution is 7.91. The van der Waals surface area contributed by atoms with E-state index in [2.05, 4.69) is 11.8 Å². The molecule has 0 saturated carbocycles. The lowest BCUT2D eigenvalue weighted by molar-refractivity contribution is 0.0685. The van der Waals surface area contributed by atoms with Gasteiger partial charge in [0.15, 0.2) is 0 Å². The molecule has 0 spiro atoms. The molecule has 0 aliphatic rings. The summed E-state index contributed by atoms with van der Waals surface area (Å²) in [5.74, 6) is 1.70. The molecule has 0 saturated heterocycles. The fourth-order valence-electron chi connectivity index (χ4n) is 2.13. The predicted molar refractivity (Wildman–Crippen MR) is 88.1 cm³/mol. The molecule has 2 aromatic carbocycles. The van der Waals surface area contributed by atoms with Crippen molar-refractivity contribution in [1.82, 2.24) is 0 Å². The Labute approximate surface area is 143 Å². The first-order valence-electron chi connectivity index (χ1n) is 6.65. The quantitative estimate of drug-likeness (QED) is 0.812. The number of carboxylic acid groups (broad SMARTS) is 2. The second kappa shape index (κ2) is 6.52. The van der Waals surface area contributed by atoms with E-state index in [4.69, 9.17) is 23.1 Å². The molecule has 0 aliphatic carbocycles. The molecule has 0 amide bonds. The van der Waals surface area contributed by atoms with Gasteiger partial charge in [0.1, 0.15) is 0 Å². The SMILES string of the molecule is C#Cc1cc(S(=O)(=O)c2ccc(C(=O)O)c(C#C)c2)ccc1C(=O)O. The fraction of sp³-hybridized carbons (Fsp3) is 0. The van der Waals surface area contributed by atoms with Crippen LogP contribution >= 0.6 is 0 Å². The summed E-state index contributed by atoms with van der Waals surface area (Å²) in [5.41, 5.74) is -0.584. The highest BCUT2D eigenvalue weighted by atomic mass is 32.2. The van der Waals surface area contributed by atoms with Crippen LogP contribution in [0, 0.1) is 24.7 Å². The van der Waals surface area contributed by atoms with Crippen LogP contribution in [0.3, 0.4) is 0 Å². The molecule has 6 nitrogen and oxygen atoms in total. The van der Waals surface area contributed by atoms with Crippen LogP contribution in [0.25, 0.3) is 0 Å². The molecule has 2 N–H and O–H groups in total. The Morgan fingerprint density at radius 1 is 0.800 bits per heavy atom. The van der Waals surface area contributed by atoms with Crippen molar-refractivity contribution in [1.29, 1.82) is 0 Å². The summed E-state index contributed by atoms with van der Waals surface area (Å²) in [7, 11) is -4.07. The normalized spacial score (nSPS) is 10.5.